The number of H-pyrrole nitrogens is 1. The molecule has 0 bridgehead atoms. The van der Waals surface area contributed by atoms with Gasteiger partial charge in [0, 0.05) is 40.1 Å². The van der Waals surface area contributed by atoms with Crippen LogP contribution in [0.3, 0.4) is 0 Å². The molecule has 4 rings (SSSR count). The van der Waals surface area contributed by atoms with E-state index in [1.165, 1.54) is 38.7 Å². The molecule has 0 fully saturated rings. The number of aryl methyl sites for hydroxylation is 2. The van der Waals surface area contributed by atoms with Crippen LogP contribution in [0.25, 0.3) is 33.1 Å². The molecule has 0 saturated carbocycles. The minimum atomic E-state index is 0.132. The third kappa shape index (κ3) is 2.08. The lowest BCUT2D eigenvalue weighted by Gasteiger charge is -2.12. The summed E-state index contributed by atoms with van der Waals surface area (Å²) in [7, 11) is 0. The van der Waals surface area contributed by atoms with Crippen LogP contribution < -0.4 is 0 Å². The highest BCUT2D eigenvalue weighted by atomic mass is 16.3. The monoisotopic (exact) mass is 304 g/mol. The quantitative estimate of drug-likeness (QED) is 0.579. The first kappa shape index (κ1) is 14.1. The molecule has 2 aromatic heterocycles. The third-order valence-corrected chi connectivity index (χ3v) is 4.65. The predicted octanol–water partition coefficient (Wildman–Crippen LogP) is 4.40. The summed E-state index contributed by atoms with van der Waals surface area (Å²) in [5.41, 5.74) is 7.24. The lowest BCUT2D eigenvalue weighted by atomic mass is 10.0. The van der Waals surface area contributed by atoms with Crippen LogP contribution in [0.2, 0.25) is 0 Å². The van der Waals surface area contributed by atoms with Crippen molar-refractivity contribution in [3.8, 4) is 11.3 Å². The number of benzene rings is 2. The second-order valence-electron chi connectivity index (χ2n) is 6.11. The van der Waals surface area contributed by atoms with E-state index in [-0.39, 0.29) is 6.61 Å². The number of hydrogen-bond acceptors (Lipinski definition) is 1. The number of rotatable bonds is 3. The number of aromatic amines is 1. The summed E-state index contributed by atoms with van der Waals surface area (Å²) >= 11 is 0. The average Bonchev–Trinajstić information content (AvgIpc) is 3.12. The molecule has 4 aromatic rings. The highest BCUT2D eigenvalue weighted by molar-refractivity contribution is 6.00. The van der Waals surface area contributed by atoms with Gasteiger partial charge in [0.25, 0.3) is 0 Å². The van der Waals surface area contributed by atoms with Crippen LogP contribution in [0.15, 0.2) is 48.7 Å². The van der Waals surface area contributed by atoms with Crippen LogP contribution >= 0.6 is 0 Å². The van der Waals surface area contributed by atoms with Crippen LogP contribution in [-0.4, -0.2) is 21.3 Å². The number of aromatic nitrogens is 2. The van der Waals surface area contributed by atoms with E-state index >= 15 is 0 Å². The van der Waals surface area contributed by atoms with Crippen molar-refractivity contribution in [3.05, 3.63) is 59.8 Å². The first-order valence-electron chi connectivity index (χ1n) is 7.97. The molecule has 0 radical (unpaired) electrons. The second kappa shape index (κ2) is 5.28. The molecule has 2 aromatic carbocycles. The van der Waals surface area contributed by atoms with Crippen molar-refractivity contribution in [1.29, 1.82) is 0 Å². The molecule has 116 valence electrons. The number of nitrogens with zero attached hydrogens (tertiary/aromatic N) is 1. The number of aliphatic hydroxyl groups is 1. The van der Waals surface area contributed by atoms with Crippen LogP contribution in [0, 0.1) is 13.8 Å². The summed E-state index contributed by atoms with van der Waals surface area (Å²) in [4.78, 5) is 3.28. The first-order chi connectivity index (χ1) is 11.2. The molecule has 0 unspecified atom stereocenters. The van der Waals surface area contributed by atoms with E-state index in [0.29, 0.717) is 6.54 Å². The summed E-state index contributed by atoms with van der Waals surface area (Å²) in [6.45, 7) is 5.02. The van der Waals surface area contributed by atoms with E-state index in [0.717, 1.165) is 5.52 Å². The minimum Gasteiger partial charge on any atom is -0.395 e. The Morgan fingerprint density at radius 2 is 1.91 bits per heavy atom. The predicted molar refractivity (Wildman–Crippen MR) is 95.8 cm³/mol. The molecule has 0 spiro atoms. The Hall–Kier alpha value is -2.52. The van der Waals surface area contributed by atoms with Gasteiger partial charge >= 0.3 is 0 Å². The maximum absolute atomic E-state index is 9.58. The highest BCUT2D eigenvalue weighted by Crippen LogP contribution is 2.37. The number of nitrogens with one attached hydrogen (secondary N) is 1. The smallest absolute Gasteiger partial charge is 0.0610 e. The molecule has 2 heterocycles. The molecular weight excluding hydrogens is 284 g/mol. The van der Waals surface area contributed by atoms with Crippen molar-refractivity contribution in [3.63, 3.8) is 0 Å². The second-order valence-corrected chi connectivity index (χ2v) is 6.11. The van der Waals surface area contributed by atoms with Gasteiger partial charge in [-0.15, -0.1) is 0 Å². The summed E-state index contributed by atoms with van der Waals surface area (Å²) in [5.74, 6) is 0. The molecule has 0 amide bonds. The Kier molecular flexibility index (Phi) is 3.24. The average molecular weight is 304 g/mol. The van der Waals surface area contributed by atoms with E-state index in [1.54, 1.807) is 0 Å². The van der Waals surface area contributed by atoms with Gasteiger partial charge in [0.05, 0.1) is 12.3 Å². The Morgan fingerprint density at radius 3 is 2.74 bits per heavy atom. The molecule has 0 aliphatic carbocycles. The molecule has 23 heavy (non-hydrogen) atoms. The molecule has 0 aliphatic heterocycles. The summed E-state index contributed by atoms with van der Waals surface area (Å²) in [6.07, 6.45) is 1.98. The van der Waals surface area contributed by atoms with Gasteiger partial charge in [-0.25, -0.2) is 0 Å². The molecule has 3 heteroatoms. The van der Waals surface area contributed by atoms with E-state index < -0.39 is 0 Å². The van der Waals surface area contributed by atoms with Crippen molar-refractivity contribution in [2.75, 3.05) is 6.61 Å². The largest absolute Gasteiger partial charge is 0.395 e. The Morgan fingerprint density at radius 1 is 1.04 bits per heavy atom. The fourth-order valence-corrected chi connectivity index (χ4v) is 3.60. The van der Waals surface area contributed by atoms with Crippen molar-refractivity contribution in [2.24, 2.45) is 0 Å². The molecule has 0 aliphatic rings. The van der Waals surface area contributed by atoms with Gasteiger partial charge in [0.2, 0.25) is 0 Å². The number of hydrogen-bond donors (Lipinski definition) is 2. The Bertz CT molecular complexity index is 1010. The normalized spacial score (nSPS) is 11.6. The van der Waals surface area contributed by atoms with Crippen molar-refractivity contribution < 1.29 is 5.11 Å². The van der Waals surface area contributed by atoms with Crippen LogP contribution in [0.5, 0.6) is 0 Å². The van der Waals surface area contributed by atoms with E-state index in [1.807, 2.05) is 6.20 Å². The fraction of sp³-hybridized carbons (Fsp3) is 0.200. The van der Waals surface area contributed by atoms with Gasteiger partial charge in [-0.3, -0.25) is 0 Å². The summed E-state index contributed by atoms with van der Waals surface area (Å²) in [6, 6.07) is 15.0. The number of fused-ring (bicyclic) bond motifs is 2. The Labute approximate surface area is 135 Å². The summed E-state index contributed by atoms with van der Waals surface area (Å²) in [5, 5.41) is 12.0. The molecule has 0 atom stereocenters. The van der Waals surface area contributed by atoms with Gasteiger partial charge in [0.15, 0.2) is 0 Å². The van der Waals surface area contributed by atoms with Crippen molar-refractivity contribution in [1.82, 2.24) is 9.55 Å². The molecule has 2 N–H and O–H groups in total. The fourth-order valence-electron chi connectivity index (χ4n) is 3.60. The van der Waals surface area contributed by atoms with E-state index in [4.69, 9.17) is 0 Å². The van der Waals surface area contributed by atoms with Crippen LogP contribution in [0.1, 0.15) is 11.1 Å². The molecule has 3 nitrogen and oxygen atoms in total. The number of aliphatic hydroxyl groups excluding tert-OH is 1. The SMILES string of the molecule is Cc1ccc2c(C)c(-c3cccc4[nH]ccc34)n(CCO)c2c1. The van der Waals surface area contributed by atoms with Gasteiger partial charge in [-0.2, -0.15) is 0 Å². The van der Waals surface area contributed by atoms with Crippen LogP contribution in [0.4, 0.5) is 0 Å². The lowest BCUT2D eigenvalue weighted by molar-refractivity contribution is 0.278. The van der Waals surface area contributed by atoms with Gasteiger partial charge in [-0.1, -0.05) is 24.3 Å². The lowest BCUT2D eigenvalue weighted by Crippen LogP contribution is -2.04. The standard InChI is InChI=1S/C20H20N2O/c1-13-6-7-15-14(2)20(22(10-11-23)19(15)12-13)17-4-3-5-18-16(17)8-9-21-18/h3-9,12,21,23H,10-11H2,1-2H3. The maximum Gasteiger partial charge on any atom is 0.0610 e. The van der Waals surface area contributed by atoms with Gasteiger partial charge in [0.1, 0.15) is 0 Å². The summed E-state index contributed by atoms with van der Waals surface area (Å²) < 4.78 is 2.25. The highest BCUT2D eigenvalue weighted by Gasteiger charge is 2.17. The van der Waals surface area contributed by atoms with Crippen molar-refractivity contribution >= 4 is 21.8 Å². The van der Waals surface area contributed by atoms with Crippen LogP contribution in [-0.2, 0) is 6.54 Å². The van der Waals surface area contributed by atoms with E-state index in [2.05, 4.69) is 65.9 Å². The third-order valence-electron chi connectivity index (χ3n) is 4.65. The van der Waals surface area contributed by atoms with Gasteiger partial charge < -0.3 is 14.7 Å². The topological polar surface area (TPSA) is 41.0 Å². The zero-order valence-electron chi connectivity index (χ0n) is 13.4. The molecular formula is C20H20N2O. The van der Waals surface area contributed by atoms with Crippen molar-refractivity contribution in [2.45, 2.75) is 20.4 Å². The van der Waals surface area contributed by atoms with Gasteiger partial charge in [-0.05, 0) is 43.2 Å². The minimum absolute atomic E-state index is 0.132. The first-order valence-corrected chi connectivity index (χ1v) is 7.97. The maximum atomic E-state index is 9.58. The Balaban J connectivity index is 2.12. The zero-order chi connectivity index (χ0) is 16.0. The molecule has 0 saturated heterocycles. The zero-order valence-corrected chi connectivity index (χ0v) is 13.4. The van der Waals surface area contributed by atoms with E-state index in [9.17, 15) is 5.11 Å².